The Morgan fingerprint density at radius 3 is 2.73 bits per heavy atom. The van der Waals surface area contributed by atoms with Crippen molar-refractivity contribution in [3.05, 3.63) is 0 Å². The van der Waals surface area contributed by atoms with Gasteiger partial charge in [0.15, 0.2) is 6.29 Å². The fraction of sp³-hybridized carbons (Fsp3) is 0.800. The first-order valence-corrected chi connectivity index (χ1v) is 3.02. The van der Waals surface area contributed by atoms with Crippen LogP contribution in [0.5, 0.6) is 0 Å². The van der Waals surface area contributed by atoms with Gasteiger partial charge in [-0.2, -0.15) is 0 Å². The Balaban J connectivity index is 2.48. The molecule has 1 saturated heterocycles. The molecule has 0 amide bonds. The van der Waals surface area contributed by atoms with Crippen molar-refractivity contribution in [3.8, 4) is 0 Å². The molecule has 1 heterocycles. The molecule has 1 fully saturated rings. The summed E-state index contributed by atoms with van der Waals surface area (Å²) >= 11 is 0. The lowest BCUT2D eigenvalue weighted by Crippen LogP contribution is -2.34. The van der Waals surface area contributed by atoms with Crippen molar-refractivity contribution < 1.29 is 29.6 Å². The lowest BCUT2D eigenvalue weighted by molar-refractivity contribution is -0.346. The van der Waals surface area contributed by atoms with Gasteiger partial charge in [-0.25, -0.2) is 4.79 Å². The Morgan fingerprint density at radius 2 is 2.36 bits per heavy atom. The van der Waals surface area contributed by atoms with Gasteiger partial charge in [0.2, 0.25) is 0 Å². The van der Waals surface area contributed by atoms with E-state index in [1.54, 1.807) is 0 Å². The third kappa shape index (κ3) is 2.04. The molecule has 6 nitrogen and oxygen atoms in total. The summed E-state index contributed by atoms with van der Waals surface area (Å²) in [6.07, 6.45) is -2.69. The first-order valence-electron chi connectivity index (χ1n) is 3.02. The Morgan fingerprint density at radius 1 is 1.73 bits per heavy atom. The quantitative estimate of drug-likeness (QED) is 0.355. The van der Waals surface area contributed by atoms with E-state index in [9.17, 15) is 4.79 Å². The van der Waals surface area contributed by atoms with Crippen LogP contribution in [0.25, 0.3) is 0 Å². The topological polar surface area (TPSA) is 96.2 Å². The van der Waals surface area contributed by atoms with Crippen molar-refractivity contribution in [3.63, 3.8) is 0 Å². The largest absolute Gasteiger partial charge is 0.510 e. The van der Waals surface area contributed by atoms with Crippen LogP contribution in [0, 0.1) is 0 Å². The third-order valence-electron chi connectivity index (χ3n) is 1.27. The van der Waals surface area contributed by atoms with E-state index in [2.05, 4.69) is 9.47 Å². The highest BCUT2D eigenvalue weighted by Gasteiger charge is 2.41. The smallest absolute Gasteiger partial charge is 0.450 e. The molecule has 1 aliphatic rings. The molecular formula is C5H8O6. The highest BCUT2D eigenvalue weighted by Crippen LogP contribution is 2.27. The van der Waals surface area contributed by atoms with E-state index >= 15 is 0 Å². The molecule has 11 heavy (non-hydrogen) atoms. The zero-order chi connectivity index (χ0) is 8.48. The molecule has 3 N–H and O–H groups in total. The van der Waals surface area contributed by atoms with Gasteiger partial charge < -0.3 is 20.1 Å². The Kier molecular flexibility index (Phi) is 1.99. The summed E-state index contributed by atoms with van der Waals surface area (Å²) in [6.45, 7) is 0. The fourth-order valence-corrected chi connectivity index (χ4v) is 0.848. The van der Waals surface area contributed by atoms with Crippen molar-refractivity contribution in [1.82, 2.24) is 0 Å². The standard InChI is InChI=1S/C5H8O6/c6-3-1-2-5(9,10-3)11-4(7)8/h3,6,9H,1-2H2,(H,7,8). The highest BCUT2D eigenvalue weighted by atomic mass is 16.9. The molecule has 0 radical (unpaired) electrons. The molecule has 0 aromatic rings. The summed E-state index contributed by atoms with van der Waals surface area (Å²) in [5.74, 6) is -2.16. The summed E-state index contributed by atoms with van der Waals surface area (Å²) in [7, 11) is 0. The van der Waals surface area contributed by atoms with Gasteiger partial charge in [-0.15, -0.1) is 0 Å². The zero-order valence-electron chi connectivity index (χ0n) is 5.56. The van der Waals surface area contributed by atoms with E-state index in [1.807, 2.05) is 0 Å². The van der Waals surface area contributed by atoms with Crippen LogP contribution < -0.4 is 0 Å². The second-order valence-electron chi connectivity index (χ2n) is 2.19. The minimum atomic E-state index is -2.16. The van der Waals surface area contributed by atoms with Crippen LogP contribution in [0.1, 0.15) is 12.8 Å². The van der Waals surface area contributed by atoms with Crippen LogP contribution in [-0.4, -0.2) is 33.7 Å². The molecule has 0 spiro atoms. The lowest BCUT2D eigenvalue weighted by Gasteiger charge is -2.18. The molecule has 0 aliphatic carbocycles. The SMILES string of the molecule is O=C(O)OC1(O)CCC(O)O1. The van der Waals surface area contributed by atoms with Crippen molar-refractivity contribution >= 4 is 6.16 Å². The maximum Gasteiger partial charge on any atom is 0.510 e. The number of aliphatic hydroxyl groups excluding tert-OH is 1. The predicted octanol–water partition coefficient (Wildman–Crippen LogP) is -0.544. The van der Waals surface area contributed by atoms with Crippen molar-refractivity contribution in [1.29, 1.82) is 0 Å². The minimum Gasteiger partial charge on any atom is -0.450 e. The second-order valence-corrected chi connectivity index (χ2v) is 2.19. The monoisotopic (exact) mass is 164 g/mol. The first kappa shape index (κ1) is 8.25. The van der Waals surface area contributed by atoms with Gasteiger partial charge in [0.1, 0.15) is 0 Å². The molecule has 0 aromatic carbocycles. The molecule has 0 aromatic heterocycles. The molecule has 2 atom stereocenters. The number of carboxylic acid groups (broad SMARTS) is 1. The van der Waals surface area contributed by atoms with Crippen LogP contribution in [0.15, 0.2) is 0 Å². The number of ether oxygens (including phenoxy) is 2. The van der Waals surface area contributed by atoms with Crippen LogP contribution in [0.4, 0.5) is 4.79 Å². The van der Waals surface area contributed by atoms with E-state index in [-0.39, 0.29) is 12.8 Å². The summed E-state index contributed by atoms with van der Waals surface area (Å²) < 4.78 is 8.33. The number of rotatable bonds is 1. The van der Waals surface area contributed by atoms with Crippen molar-refractivity contribution in [2.24, 2.45) is 0 Å². The van der Waals surface area contributed by atoms with Gasteiger partial charge in [0.25, 0.3) is 0 Å². The summed E-state index contributed by atoms with van der Waals surface area (Å²) in [5, 5.41) is 25.9. The van der Waals surface area contributed by atoms with Gasteiger partial charge >= 0.3 is 12.1 Å². The molecule has 1 aliphatic heterocycles. The molecule has 64 valence electrons. The maximum atomic E-state index is 9.92. The van der Waals surface area contributed by atoms with Gasteiger partial charge in [-0.1, -0.05) is 0 Å². The summed E-state index contributed by atoms with van der Waals surface area (Å²) in [6, 6.07) is 0. The number of hydrogen-bond donors (Lipinski definition) is 3. The lowest BCUT2D eigenvalue weighted by atomic mass is 10.3. The zero-order valence-corrected chi connectivity index (χ0v) is 5.56. The molecule has 6 heteroatoms. The number of aliphatic hydroxyl groups is 2. The minimum absolute atomic E-state index is 0.0551. The number of carbonyl (C=O) groups is 1. The average Bonchev–Trinajstić information content (AvgIpc) is 2.08. The molecule has 0 bridgehead atoms. The summed E-state index contributed by atoms with van der Waals surface area (Å²) in [5.41, 5.74) is 0. The summed E-state index contributed by atoms with van der Waals surface area (Å²) in [4.78, 5) is 9.92. The predicted molar refractivity (Wildman–Crippen MR) is 30.4 cm³/mol. The number of hydrogen-bond acceptors (Lipinski definition) is 5. The Bertz CT molecular complexity index is 168. The molecular weight excluding hydrogens is 156 g/mol. The Labute approximate surface area is 62.0 Å². The van der Waals surface area contributed by atoms with Crippen LogP contribution in [-0.2, 0) is 9.47 Å². The van der Waals surface area contributed by atoms with Crippen LogP contribution in [0.2, 0.25) is 0 Å². The highest BCUT2D eigenvalue weighted by molar-refractivity contribution is 5.57. The van der Waals surface area contributed by atoms with Gasteiger partial charge in [0, 0.05) is 12.8 Å². The maximum absolute atomic E-state index is 9.92. The molecule has 2 unspecified atom stereocenters. The first-order chi connectivity index (χ1) is 5.02. The van der Waals surface area contributed by atoms with E-state index in [4.69, 9.17) is 15.3 Å². The second kappa shape index (κ2) is 2.65. The fourth-order valence-electron chi connectivity index (χ4n) is 0.848. The third-order valence-corrected chi connectivity index (χ3v) is 1.27. The average molecular weight is 164 g/mol. The van der Waals surface area contributed by atoms with Gasteiger partial charge in [-0.3, -0.25) is 4.74 Å². The Hall–Kier alpha value is -0.850. The van der Waals surface area contributed by atoms with Crippen LogP contribution >= 0.6 is 0 Å². The van der Waals surface area contributed by atoms with Gasteiger partial charge in [-0.05, 0) is 0 Å². The van der Waals surface area contributed by atoms with E-state index < -0.39 is 18.4 Å². The van der Waals surface area contributed by atoms with Crippen molar-refractivity contribution in [2.45, 2.75) is 25.1 Å². The van der Waals surface area contributed by atoms with E-state index in [1.165, 1.54) is 0 Å². The van der Waals surface area contributed by atoms with Crippen LogP contribution in [0.3, 0.4) is 0 Å². The van der Waals surface area contributed by atoms with Crippen molar-refractivity contribution in [2.75, 3.05) is 0 Å². The van der Waals surface area contributed by atoms with Gasteiger partial charge in [0.05, 0.1) is 0 Å². The molecule has 1 rings (SSSR count). The normalized spacial score (nSPS) is 37.1. The molecule has 0 saturated carbocycles. The van der Waals surface area contributed by atoms with E-state index in [0.717, 1.165) is 0 Å². The van der Waals surface area contributed by atoms with E-state index in [0.29, 0.717) is 0 Å².